The second-order valence-electron chi connectivity index (χ2n) is 4.87. The van der Waals surface area contributed by atoms with Crippen LogP contribution in [0.5, 0.6) is 0 Å². The standard InChI is InChI=1S/C17H21NO4S/c1-3-22-12-15-10-7-11-16(23(19,20)18-13-21-2)17(15)14-8-5-4-6-9-14/h4-11,18H,3,12-13H2,1-2H3. The molecule has 124 valence electrons. The molecule has 0 aliphatic carbocycles. The van der Waals surface area contributed by atoms with Gasteiger partial charge in [-0.3, -0.25) is 0 Å². The van der Waals surface area contributed by atoms with Crippen molar-refractivity contribution in [1.82, 2.24) is 4.72 Å². The summed E-state index contributed by atoms with van der Waals surface area (Å²) >= 11 is 0. The summed E-state index contributed by atoms with van der Waals surface area (Å²) in [6.45, 7) is 2.75. The number of ether oxygens (including phenoxy) is 2. The monoisotopic (exact) mass is 335 g/mol. The fourth-order valence-electron chi connectivity index (χ4n) is 2.28. The van der Waals surface area contributed by atoms with Gasteiger partial charge in [0.05, 0.1) is 11.5 Å². The van der Waals surface area contributed by atoms with Crippen molar-refractivity contribution < 1.29 is 17.9 Å². The Morgan fingerprint density at radius 3 is 2.43 bits per heavy atom. The lowest BCUT2D eigenvalue weighted by molar-refractivity contribution is 0.134. The Kier molecular flexibility index (Phi) is 6.29. The molecule has 0 aromatic heterocycles. The first-order valence-corrected chi connectivity index (χ1v) is 8.82. The topological polar surface area (TPSA) is 64.6 Å². The predicted octanol–water partition coefficient (Wildman–Crippen LogP) is 2.77. The SMILES string of the molecule is CCOCc1cccc(S(=O)(=O)NCOC)c1-c1ccccc1. The maximum absolute atomic E-state index is 12.6. The molecule has 2 rings (SSSR count). The molecule has 0 bridgehead atoms. The fourth-order valence-corrected chi connectivity index (χ4v) is 3.48. The van der Waals surface area contributed by atoms with Crippen LogP contribution in [0.2, 0.25) is 0 Å². The number of hydrogen-bond acceptors (Lipinski definition) is 4. The lowest BCUT2D eigenvalue weighted by Gasteiger charge is -2.16. The zero-order chi connectivity index (χ0) is 16.7. The second kappa shape index (κ2) is 8.21. The van der Waals surface area contributed by atoms with Gasteiger partial charge in [-0.2, -0.15) is 4.72 Å². The molecule has 5 nitrogen and oxygen atoms in total. The highest BCUT2D eigenvalue weighted by Gasteiger charge is 2.21. The average molecular weight is 335 g/mol. The number of hydrogen-bond donors (Lipinski definition) is 1. The molecule has 0 atom stereocenters. The first-order chi connectivity index (χ1) is 11.1. The second-order valence-corrected chi connectivity index (χ2v) is 6.61. The molecule has 0 aliphatic rings. The maximum atomic E-state index is 12.6. The molecule has 0 saturated heterocycles. The summed E-state index contributed by atoms with van der Waals surface area (Å²) in [5, 5.41) is 0. The smallest absolute Gasteiger partial charge is 0.243 e. The Labute approximate surface area is 137 Å². The van der Waals surface area contributed by atoms with Crippen LogP contribution in [0, 0.1) is 0 Å². The Bertz CT molecular complexity index is 730. The largest absolute Gasteiger partial charge is 0.377 e. The number of benzene rings is 2. The van der Waals surface area contributed by atoms with Crippen molar-refractivity contribution in [2.45, 2.75) is 18.4 Å². The van der Waals surface area contributed by atoms with E-state index in [0.29, 0.717) is 18.8 Å². The van der Waals surface area contributed by atoms with Crippen LogP contribution in [0.15, 0.2) is 53.4 Å². The number of rotatable bonds is 8. The highest BCUT2D eigenvalue weighted by molar-refractivity contribution is 7.89. The van der Waals surface area contributed by atoms with E-state index in [-0.39, 0.29) is 11.6 Å². The molecule has 1 N–H and O–H groups in total. The highest BCUT2D eigenvalue weighted by Crippen LogP contribution is 2.31. The van der Waals surface area contributed by atoms with Crippen molar-refractivity contribution in [2.24, 2.45) is 0 Å². The van der Waals surface area contributed by atoms with Gasteiger partial charge in [-0.15, -0.1) is 0 Å². The summed E-state index contributed by atoms with van der Waals surface area (Å²) in [6, 6.07) is 14.6. The molecule has 2 aromatic carbocycles. The third-order valence-electron chi connectivity index (χ3n) is 3.32. The van der Waals surface area contributed by atoms with E-state index < -0.39 is 10.0 Å². The van der Waals surface area contributed by atoms with Gasteiger partial charge in [0.15, 0.2) is 0 Å². The van der Waals surface area contributed by atoms with E-state index in [1.807, 2.05) is 43.3 Å². The molecular formula is C17H21NO4S. The van der Waals surface area contributed by atoms with E-state index in [4.69, 9.17) is 9.47 Å². The molecule has 0 spiro atoms. The zero-order valence-electron chi connectivity index (χ0n) is 13.3. The van der Waals surface area contributed by atoms with E-state index in [1.165, 1.54) is 7.11 Å². The van der Waals surface area contributed by atoms with Gasteiger partial charge in [0, 0.05) is 19.3 Å². The Morgan fingerprint density at radius 2 is 1.78 bits per heavy atom. The average Bonchev–Trinajstić information content (AvgIpc) is 2.58. The van der Waals surface area contributed by atoms with Crippen LogP contribution in [-0.2, 0) is 26.1 Å². The molecule has 23 heavy (non-hydrogen) atoms. The molecule has 0 unspecified atom stereocenters. The van der Waals surface area contributed by atoms with E-state index in [0.717, 1.165) is 11.1 Å². The van der Waals surface area contributed by atoms with Gasteiger partial charge in [-0.25, -0.2) is 8.42 Å². The minimum absolute atomic E-state index is 0.0771. The Morgan fingerprint density at radius 1 is 1.04 bits per heavy atom. The van der Waals surface area contributed by atoms with Gasteiger partial charge in [-0.1, -0.05) is 42.5 Å². The molecule has 0 amide bonds. The number of methoxy groups -OCH3 is 1. The van der Waals surface area contributed by atoms with Crippen LogP contribution in [0.4, 0.5) is 0 Å². The van der Waals surface area contributed by atoms with Gasteiger partial charge in [0.2, 0.25) is 10.0 Å². The van der Waals surface area contributed by atoms with E-state index in [2.05, 4.69) is 4.72 Å². The molecule has 6 heteroatoms. The third kappa shape index (κ3) is 4.39. The molecule has 2 aromatic rings. The third-order valence-corrected chi connectivity index (χ3v) is 4.74. The van der Waals surface area contributed by atoms with Crippen molar-refractivity contribution >= 4 is 10.0 Å². The van der Waals surface area contributed by atoms with Gasteiger partial charge >= 0.3 is 0 Å². The van der Waals surface area contributed by atoms with Crippen LogP contribution in [-0.4, -0.2) is 28.9 Å². The summed E-state index contributed by atoms with van der Waals surface area (Å²) in [4.78, 5) is 0.220. The molecule has 0 heterocycles. The fraction of sp³-hybridized carbons (Fsp3) is 0.294. The van der Waals surface area contributed by atoms with E-state index in [9.17, 15) is 8.42 Å². The van der Waals surface area contributed by atoms with Crippen LogP contribution in [0.25, 0.3) is 11.1 Å². The van der Waals surface area contributed by atoms with Gasteiger partial charge in [0.1, 0.15) is 6.73 Å². The summed E-state index contributed by atoms with van der Waals surface area (Å²) in [7, 11) is -2.24. The lowest BCUT2D eigenvalue weighted by Crippen LogP contribution is -2.26. The maximum Gasteiger partial charge on any atom is 0.243 e. The molecule has 0 fully saturated rings. The Hall–Kier alpha value is -1.73. The highest BCUT2D eigenvalue weighted by atomic mass is 32.2. The van der Waals surface area contributed by atoms with Crippen LogP contribution in [0.1, 0.15) is 12.5 Å². The van der Waals surface area contributed by atoms with Crippen LogP contribution < -0.4 is 4.72 Å². The summed E-state index contributed by atoms with van der Waals surface area (Å²) in [6.07, 6.45) is 0. The van der Waals surface area contributed by atoms with Crippen molar-refractivity contribution in [2.75, 3.05) is 20.4 Å². The van der Waals surface area contributed by atoms with Crippen molar-refractivity contribution in [1.29, 1.82) is 0 Å². The Balaban J connectivity index is 2.58. The van der Waals surface area contributed by atoms with Crippen LogP contribution >= 0.6 is 0 Å². The van der Waals surface area contributed by atoms with E-state index >= 15 is 0 Å². The van der Waals surface area contributed by atoms with Gasteiger partial charge < -0.3 is 9.47 Å². The van der Waals surface area contributed by atoms with Crippen molar-refractivity contribution in [3.63, 3.8) is 0 Å². The number of sulfonamides is 1. The minimum Gasteiger partial charge on any atom is -0.377 e. The first-order valence-electron chi connectivity index (χ1n) is 7.33. The lowest BCUT2D eigenvalue weighted by atomic mass is 10.00. The molecular weight excluding hydrogens is 314 g/mol. The number of nitrogens with one attached hydrogen (secondary N) is 1. The normalized spacial score (nSPS) is 11.6. The first kappa shape index (κ1) is 17.6. The van der Waals surface area contributed by atoms with Crippen molar-refractivity contribution in [3.05, 3.63) is 54.1 Å². The summed E-state index contributed by atoms with van der Waals surface area (Å²) < 4.78 is 37.9. The summed E-state index contributed by atoms with van der Waals surface area (Å²) in [5.41, 5.74) is 2.32. The molecule has 0 saturated carbocycles. The van der Waals surface area contributed by atoms with Gasteiger partial charge in [-0.05, 0) is 24.1 Å². The summed E-state index contributed by atoms with van der Waals surface area (Å²) in [5.74, 6) is 0. The quantitative estimate of drug-likeness (QED) is 0.754. The van der Waals surface area contributed by atoms with Crippen LogP contribution in [0.3, 0.4) is 0 Å². The van der Waals surface area contributed by atoms with Crippen molar-refractivity contribution in [3.8, 4) is 11.1 Å². The molecule has 0 radical (unpaired) electrons. The zero-order valence-corrected chi connectivity index (χ0v) is 14.1. The van der Waals surface area contributed by atoms with Gasteiger partial charge in [0.25, 0.3) is 0 Å². The predicted molar refractivity (Wildman–Crippen MR) is 89.4 cm³/mol. The minimum atomic E-state index is -3.68. The molecule has 0 aliphatic heterocycles. The van der Waals surface area contributed by atoms with E-state index in [1.54, 1.807) is 12.1 Å².